The molecule has 7 nitrogen and oxygen atoms in total. The van der Waals surface area contributed by atoms with Gasteiger partial charge in [-0.1, -0.05) is 31.0 Å². The number of hydrogen-bond donors (Lipinski definition) is 2. The Balaban J connectivity index is 1.63. The van der Waals surface area contributed by atoms with Crippen LogP contribution in [0.4, 0.5) is 0 Å². The third-order valence-corrected chi connectivity index (χ3v) is 7.08. The minimum atomic E-state index is -0.818. The second-order valence-electron chi connectivity index (χ2n) is 8.89. The number of likely N-dealkylation sites (tertiary alicyclic amines) is 1. The lowest BCUT2D eigenvalue weighted by Gasteiger charge is -2.52. The fraction of sp³-hybridized carbons (Fsp3) is 0.462. The van der Waals surface area contributed by atoms with E-state index >= 15 is 0 Å². The van der Waals surface area contributed by atoms with E-state index in [0.29, 0.717) is 30.0 Å². The number of amides is 2. The Labute approximate surface area is 194 Å². The van der Waals surface area contributed by atoms with Crippen molar-refractivity contribution in [2.24, 2.45) is 5.92 Å². The van der Waals surface area contributed by atoms with Crippen molar-refractivity contribution < 1.29 is 24.2 Å². The highest BCUT2D eigenvalue weighted by molar-refractivity contribution is 5.96. The number of nitrogens with one attached hydrogen (secondary N) is 1. The summed E-state index contributed by atoms with van der Waals surface area (Å²) in [6, 6.07) is 14.0. The van der Waals surface area contributed by atoms with E-state index in [-0.39, 0.29) is 30.3 Å². The van der Waals surface area contributed by atoms with Gasteiger partial charge in [0.2, 0.25) is 5.91 Å². The zero-order valence-corrected chi connectivity index (χ0v) is 19.3. The van der Waals surface area contributed by atoms with Gasteiger partial charge >= 0.3 is 0 Å². The Kier molecular flexibility index (Phi) is 6.88. The van der Waals surface area contributed by atoms with Crippen LogP contribution in [0, 0.1) is 5.92 Å². The minimum absolute atomic E-state index is 0.109. The molecule has 7 heteroatoms. The van der Waals surface area contributed by atoms with Crippen molar-refractivity contribution in [2.75, 3.05) is 27.3 Å². The topological polar surface area (TPSA) is 88.1 Å². The molecule has 2 aromatic carbocycles. The van der Waals surface area contributed by atoms with Crippen LogP contribution in [-0.2, 0) is 4.79 Å². The zero-order chi connectivity index (χ0) is 23.4. The summed E-state index contributed by atoms with van der Waals surface area (Å²) in [7, 11) is 3.21. The average Bonchev–Trinajstić information content (AvgIpc) is 2.86. The molecule has 1 heterocycles. The molecule has 0 spiro atoms. The molecular weight excluding hydrogens is 420 g/mol. The van der Waals surface area contributed by atoms with Crippen LogP contribution < -0.4 is 14.8 Å². The molecule has 1 aliphatic carbocycles. The van der Waals surface area contributed by atoms with E-state index < -0.39 is 5.60 Å². The molecule has 1 saturated carbocycles. The number of ether oxygens (including phenoxy) is 2. The summed E-state index contributed by atoms with van der Waals surface area (Å²) < 4.78 is 11.1. The maximum atomic E-state index is 13.4. The summed E-state index contributed by atoms with van der Waals surface area (Å²) in [6.45, 7) is 0.305. The maximum absolute atomic E-state index is 13.4. The highest BCUT2D eigenvalue weighted by Gasteiger charge is 2.50. The Hall–Kier alpha value is -3.06. The number of carbonyl (C=O) groups excluding carboxylic acids is 2. The standard InChI is InChI=1S/C26H32N2O5/c1-32-19-11-12-22(33-2)20(16-19)24-21-10-6-7-13-26(21,31)14-15-28(24)23(29)17-27-25(30)18-8-4-3-5-9-18/h3-5,8-9,11-12,16,21,24,31H,6-7,10,13-15,17H2,1-2H3,(H,27,30)/t21?,24-,26?/m0/s1. The number of benzene rings is 2. The van der Waals surface area contributed by atoms with Gasteiger partial charge in [-0.05, 0) is 49.6 Å². The number of fused-ring (bicyclic) bond motifs is 1. The smallest absolute Gasteiger partial charge is 0.251 e. The van der Waals surface area contributed by atoms with Gasteiger partial charge in [0.25, 0.3) is 5.91 Å². The van der Waals surface area contributed by atoms with Gasteiger partial charge in [-0.2, -0.15) is 0 Å². The molecule has 0 aromatic heterocycles. The summed E-state index contributed by atoms with van der Waals surface area (Å²) in [5.41, 5.74) is 0.516. The lowest BCUT2D eigenvalue weighted by atomic mass is 9.66. The van der Waals surface area contributed by atoms with Gasteiger partial charge in [0, 0.05) is 23.6 Å². The summed E-state index contributed by atoms with van der Waals surface area (Å²) in [5.74, 6) is 0.740. The van der Waals surface area contributed by atoms with Crippen molar-refractivity contribution in [3.63, 3.8) is 0 Å². The first kappa shape index (κ1) is 23.1. The van der Waals surface area contributed by atoms with Crippen LogP contribution in [0.25, 0.3) is 0 Å². The second-order valence-corrected chi connectivity index (χ2v) is 8.89. The highest BCUT2D eigenvalue weighted by atomic mass is 16.5. The second kappa shape index (κ2) is 9.83. The third-order valence-electron chi connectivity index (χ3n) is 7.08. The number of aliphatic hydroxyl groups is 1. The third kappa shape index (κ3) is 4.69. The van der Waals surface area contributed by atoms with E-state index in [2.05, 4.69) is 5.32 Å². The molecule has 2 aromatic rings. The molecule has 2 unspecified atom stereocenters. The molecule has 2 fully saturated rings. The quantitative estimate of drug-likeness (QED) is 0.702. The first-order valence-corrected chi connectivity index (χ1v) is 11.5. The van der Waals surface area contributed by atoms with Gasteiger partial charge in [-0.3, -0.25) is 9.59 Å². The van der Waals surface area contributed by atoms with Crippen LogP contribution in [0.15, 0.2) is 48.5 Å². The van der Waals surface area contributed by atoms with Gasteiger partial charge in [-0.25, -0.2) is 0 Å². The van der Waals surface area contributed by atoms with E-state index in [1.54, 1.807) is 43.4 Å². The first-order chi connectivity index (χ1) is 16.0. The number of carbonyl (C=O) groups is 2. The van der Waals surface area contributed by atoms with E-state index in [1.807, 2.05) is 24.3 Å². The molecular formula is C26H32N2O5. The van der Waals surface area contributed by atoms with E-state index in [9.17, 15) is 14.7 Å². The van der Waals surface area contributed by atoms with Crippen LogP contribution in [-0.4, -0.2) is 54.7 Å². The monoisotopic (exact) mass is 452 g/mol. The Morgan fingerprint density at radius 2 is 1.88 bits per heavy atom. The van der Waals surface area contributed by atoms with Crippen molar-refractivity contribution in [3.05, 3.63) is 59.7 Å². The van der Waals surface area contributed by atoms with Gasteiger partial charge in [0.05, 0.1) is 32.4 Å². The fourth-order valence-electron chi connectivity index (χ4n) is 5.37. The first-order valence-electron chi connectivity index (χ1n) is 11.5. The van der Waals surface area contributed by atoms with E-state index in [4.69, 9.17) is 9.47 Å². The molecule has 0 bridgehead atoms. The zero-order valence-electron chi connectivity index (χ0n) is 19.3. The van der Waals surface area contributed by atoms with Crippen molar-refractivity contribution >= 4 is 11.8 Å². The molecule has 176 valence electrons. The fourth-order valence-corrected chi connectivity index (χ4v) is 5.37. The predicted octanol–water partition coefficient (Wildman–Crippen LogP) is 3.33. The molecule has 2 aliphatic rings. The maximum Gasteiger partial charge on any atom is 0.251 e. The molecule has 4 rings (SSSR count). The molecule has 0 radical (unpaired) electrons. The van der Waals surface area contributed by atoms with Crippen LogP contribution in [0.5, 0.6) is 11.5 Å². The largest absolute Gasteiger partial charge is 0.497 e. The lowest BCUT2D eigenvalue weighted by molar-refractivity contribution is -0.154. The number of nitrogens with zero attached hydrogens (tertiary/aromatic N) is 1. The molecule has 33 heavy (non-hydrogen) atoms. The van der Waals surface area contributed by atoms with Crippen molar-refractivity contribution in [2.45, 2.75) is 43.7 Å². The van der Waals surface area contributed by atoms with E-state index in [1.165, 1.54) is 0 Å². The van der Waals surface area contributed by atoms with Crippen LogP contribution in [0.3, 0.4) is 0 Å². The van der Waals surface area contributed by atoms with Crippen molar-refractivity contribution in [3.8, 4) is 11.5 Å². The Morgan fingerprint density at radius 3 is 2.61 bits per heavy atom. The van der Waals surface area contributed by atoms with Gasteiger partial charge < -0.3 is 24.8 Å². The summed E-state index contributed by atoms with van der Waals surface area (Å²) in [5, 5.41) is 14.3. The van der Waals surface area contributed by atoms with Crippen LogP contribution in [0.2, 0.25) is 0 Å². The number of methoxy groups -OCH3 is 2. The highest BCUT2D eigenvalue weighted by Crippen LogP contribution is 2.51. The van der Waals surface area contributed by atoms with Gasteiger partial charge in [-0.15, -0.1) is 0 Å². The van der Waals surface area contributed by atoms with Gasteiger partial charge in [0.15, 0.2) is 0 Å². The average molecular weight is 453 g/mol. The molecule has 3 atom stereocenters. The molecule has 2 N–H and O–H groups in total. The van der Waals surface area contributed by atoms with Gasteiger partial charge in [0.1, 0.15) is 11.5 Å². The van der Waals surface area contributed by atoms with E-state index in [0.717, 1.165) is 31.2 Å². The Bertz CT molecular complexity index is 995. The molecule has 1 saturated heterocycles. The summed E-state index contributed by atoms with van der Waals surface area (Å²) in [4.78, 5) is 27.7. The molecule has 1 aliphatic heterocycles. The van der Waals surface area contributed by atoms with Crippen LogP contribution >= 0.6 is 0 Å². The van der Waals surface area contributed by atoms with Crippen molar-refractivity contribution in [1.82, 2.24) is 10.2 Å². The number of rotatable bonds is 6. The predicted molar refractivity (Wildman–Crippen MR) is 124 cm³/mol. The Morgan fingerprint density at radius 1 is 1.09 bits per heavy atom. The lowest BCUT2D eigenvalue weighted by Crippen LogP contribution is -2.57. The summed E-state index contributed by atoms with van der Waals surface area (Å²) in [6.07, 6.45) is 4.06. The summed E-state index contributed by atoms with van der Waals surface area (Å²) >= 11 is 0. The SMILES string of the molecule is COc1ccc(OC)c([C@H]2C3CCCCC3(O)CCN2C(=O)CNC(=O)c2ccccc2)c1. The van der Waals surface area contributed by atoms with Crippen LogP contribution in [0.1, 0.15) is 54.1 Å². The molecule has 2 amide bonds. The number of piperidine rings is 1. The van der Waals surface area contributed by atoms with Crippen molar-refractivity contribution in [1.29, 1.82) is 0 Å². The number of hydrogen-bond acceptors (Lipinski definition) is 5. The normalized spacial score (nSPS) is 24.5. The minimum Gasteiger partial charge on any atom is -0.497 e.